The van der Waals surface area contributed by atoms with E-state index in [4.69, 9.17) is 14.8 Å². The summed E-state index contributed by atoms with van der Waals surface area (Å²) in [6.07, 6.45) is 1.94. The lowest BCUT2D eigenvalue weighted by molar-refractivity contribution is 0.418. The molecule has 0 radical (unpaired) electrons. The number of methoxy groups -OCH3 is 1. The van der Waals surface area contributed by atoms with Crippen LogP contribution >= 0.6 is 0 Å². The molecule has 4 aromatic rings. The molecule has 1 aliphatic heterocycles. The molecule has 30 heavy (non-hydrogen) atoms. The van der Waals surface area contributed by atoms with E-state index in [0.29, 0.717) is 17.1 Å². The zero-order chi connectivity index (χ0) is 20.8. The maximum Gasteiger partial charge on any atom is 0.197 e. The summed E-state index contributed by atoms with van der Waals surface area (Å²) in [6, 6.07) is 12.6. The Labute approximate surface area is 172 Å². The predicted molar refractivity (Wildman–Crippen MR) is 111 cm³/mol. The van der Waals surface area contributed by atoms with E-state index in [-0.39, 0.29) is 11.7 Å². The van der Waals surface area contributed by atoms with Gasteiger partial charge in [0.25, 0.3) is 0 Å². The molecule has 1 unspecified atom stereocenters. The van der Waals surface area contributed by atoms with Gasteiger partial charge in [-0.1, -0.05) is 6.07 Å². The van der Waals surface area contributed by atoms with Crippen LogP contribution in [0.15, 0.2) is 36.4 Å². The van der Waals surface area contributed by atoms with Crippen molar-refractivity contribution in [3.8, 4) is 23.3 Å². The van der Waals surface area contributed by atoms with E-state index < -0.39 is 0 Å². The number of halogens is 1. The van der Waals surface area contributed by atoms with Gasteiger partial charge in [0.2, 0.25) is 0 Å². The number of nitrogens with zero attached hydrogens (tertiary/aromatic N) is 4. The molecule has 150 valence electrons. The molecule has 1 atom stereocenters. The standard InChI is InChI=1S/C23H20FN5O/c1-13-10-15(24)6-7-16(13)17-4-3-9-29-23(17)27-22(28-29)20-11-18-19(26-20)8-5-14(12-25)21(18)30-2/h5-8,10-11,17,26H,3-4,9H2,1-2H3. The molecule has 0 saturated carbocycles. The van der Waals surface area contributed by atoms with E-state index in [1.807, 2.05) is 29.8 Å². The summed E-state index contributed by atoms with van der Waals surface area (Å²) in [4.78, 5) is 8.20. The summed E-state index contributed by atoms with van der Waals surface area (Å²) < 4.78 is 21.0. The van der Waals surface area contributed by atoms with Gasteiger partial charge in [-0.05, 0) is 61.2 Å². The lowest BCUT2D eigenvalue weighted by atomic mass is 9.88. The van der Waals surface area contributed by atoms with Gasteiger partial charge in [-0.2, -0.15) is 5.26 Å². The summed E-state index contributed by atoms with van der Waals surface area (Å²) in [6.45, 7) is 2.74. The number of ether oxygens (including phenoxy) is 1. The largest absolute Gasteiger partial charge is 0.495 e. The number of aryl methyl sites for hydroxylation is 2. The molecule has 0 spiro atoms. The Bertz CT molecular complexity index is 1310. The summed E-state index contributed by atoms with van der Waals surface area (Å²) in [7, 11) is 1.56. The van der Waals surface area contributed by atoms with Crippen molar-refractivity contribution in [2.24, 2.45) is 0 Å². The number of aromatic amines is 1. The molecule has 1 N–H and O–H groups in total. The van der Waals surface area contributed by atoms with Crippen molar-refractivity contribution in [1.29, 1.82) is 5.26 Å². The Kier molecular flexibility index (Phi) is 4.28. The van der Waals surface area contributed by atoms with E-state index in [0.717, 1.165) is 52.9 Å². The van der Waals surface area contributed by atoms with E-state index in [1.165, 1.54) is 6.07 Å². The van der Waals surface area contributed by atoms with Crippen LogP contribution in [-0.4, -0.2) is 26.9 Å². The van der Waals surface area contributed by atoms with Crippen LogP contribution in [0.25, 0.3) is 22.4 Å². The smallest absolute Gasteiger partial charge is 0.197 e. The molecule has 5 rings (SSSR count). The number of fused-ring (bicyclic) bond motifs is 2. The van der Waals surface area contributed by atoms with E-state index in [2.05, 4.69) is 11.1 Å². The molecular formula is C23H20FN5O. The van der Waals surface area contributed by atoms with Crippen molar-refractivity contribution >= 4 is 10.9 Å². The Morgan fingerprint density at radius 1 is 1.27 bits per heavy atom. The second-order valence-electron chi connectivity index (χ2n) is 7.61. The van der Waals surface area contributed by atoms with Crippen LogP contribution in [0.5, 0.6) is 5.75 Å². The minimum atomic E-state index is -0.224. The van der Waals surface area contributed by atoms with Crippen LogP contribution in [0.4, 0.5) is 4.39 Å². The topological polar surface area (TPSA) is 79.5 Å². The first kappa shape index (κ1) is 18.4. The highest BCUT2D eigenvalue weighted by Crippen LogP contribution is 2.36. The maximum atomic E-state index is 13.6. The molecule has 3 heterocycles. The van der Waals surface area contributed by atoms with Gasteiger partial charge in [-0.3, -0.25) is 0 Å². The molecule has 7 heteroatoms. The number of rotatable bonds is 3. The van der Waals surface area contributed by atoms with Crippen LogP contribution < -0.4 is 4.74 Å². The fourth-order valence-corrected chi connectivity index (χ4v) is 4.40. The summed E-state index contributed by atoms with van der Waals surface area (Å²) >= 11 is 0. The fraction of sp³-hybridized carbons (Fsp3) is 0.261. The third kappa shape index (κ3) is 2.84. The normalized spacial score (nSPS) is 15.7. The first-order valence-electron chi connectivity index (χ1n) is 9.90. The average molecular weight is 401 g/mol. The first-order valence-corrected chi connectivity index (χ1v) is 9.90. The number of hydrogen-bond acceptors (Lipinski definition) is 4. The number of nitrogens with one attached hydrogen (secondary N) is 1. The van der Waals surface area contributed by atoms with E-state index in [9.17, 15) is 9.65 Å². The van der Waals surface area contributed by atoms with Crippen LogP contribution in [-0.2, 0) is 6.54 Å². The van der Waals surface area contributed by atoms with Gasteiger partial charge in [-0.15, -0.1) is 5.10 Å². The van der Waals surface area contributed by atoms with Crippen molar-refractivity contribution in [3.63, 3.8) is 0 Å². The van der Waals surface area contributed by atoms with Crippen LogP contribution in [0.1, 0.15) is 41.3 Å². The molecule has 2 aromatic carbocycles. The third-order valence-corrected chi connectivity index (χ3v) is 5.80. The van der Waals surface area contributed by atoms with Gasteiger partial charge < -0.3 is 9.72 Å². The first-order chi connectivity index (χ1) is 14.6. The van der Waals surface area contributed by atoms with E-state index in [1.54, 1.807) is 19.2 Å². The average Bonchev–Trinajstić information content (AvgIpc) is 3.37. The minimum Gasteiger partial charge on any atom is -0.495 e. The Morgan fingerprint density at radius 3 is 2.90 bits per heavy atom. The lowest BCUT2D eigenvalue weighted by Gasteiger charge is -2.23. The molecule has 0 amide bonds. The van der Waals surface area contributed by atoms with Gasteiger partial charge >= 0.3 is 0 Å². The second kappa shape index (κ2) is 6.99. The van der Waals surface area contributed by atoms with Crippen molar-refractivity contribution < 1.29 is 9.13 Å². The Hall–Kier alpha value is -3.66. The zero-order valence-electron chi connectivity index (χ0n) is 16.7. The van der Waals surface area contributed by atoms with Gasteiger partial charge in [0, 0.05) is 23.4 Å². The van der Waals surface area contributed by atoms with Gasteiger partial charge in [-0.25, -0.2) is 14.1 Å². The fourth-order valence-electron chi connectivity index (χ4n) is 4.40. The number of aromatic nitrogens is 4. The highest BCUT2D eigenvalue weighted by Gasteiger charge is 2.28. The van der Waals surface area contributed by atoms with Crippen LogP contribution in [0, 0.1) is 24.1 Å². The quantitative estimate of drug-likeness (QED) is 0.541. The Balaban J connectivity index is 1.60. The molecule has 0 fully saturated rings. The SMILES string of the molecule is COc1c(C#N)ccc2[nH]c(-c3nc4n(n3)CCCC4c3ccc(F)cc3C)cc12. The highest BCUT2D eigenvalue weighted by atomic mass is 19.1. The zero-order valence-corrected chi connectivity index (χ0v) is 16.7. The molecule has 0 aliphatic carbocycles. The molecule has 2 aromatic heterocycles. The van der Waals surface area contributed by atoms with Crippen molar-refractivity contribution in [1.82, 2.24) is 19.7 Å². The highest BCUT2D eigenvalue weighted by molar-refractivity contribution is 5.92. The molecule has 1 aliphatic rings. The predicted octanol–water partition coefficient (Wildman–Crippen LogP) is 4.68. The third-order valence-electron chi connectivity index (χ3n) is 5.80. The Morgan fingerprint density at radius 2 is 2.13 bits per heavy atom. The van der Waals surface area contributed by atoms with E-state index >= 15 is 0 Å². The molecule has 6 nitrogen and oxygen atoms in total. The van der Waals surface area contributed by atoms with Crippen molar-refractivity contribution in [2.45, 2.75) is 32.2 Å². The van der Waals surface area contributed by atoms with Gasteiger partial charge in [0.1, 0.15) is 23.5 Å². The van der Waals surface area contributed by atoms with Crippen molar-refractivity contribution in [3.05, 3.63) is 64.7 Å². The molecular weight excluding hydrogens is 381 g/mol. The number of H-pyrrole nitrogens is 1. The van der Waals surface area contributed by atoms with Gasteiger partial charge in [0.05, 0.1) is 18.4 Å². The van der Waals surface area contributed by atoms with Crippen LogP contribution in [0.3, 0.4) is 0 Å². The molecule has 0 saturated heterocycles. The summed E-state index contributed by atoms with van der Waals surface area (Å²) in [5.74, 6) is 1.91. The molecule has 0 bridgehead atoms. The lowest BCUT2D eigenvalue weighted by Crippen LogP contribution is -2.18. The summed E-state index contributed by atoms with van der Waals surface area (Å²) in [5.41, 5.74) is 4.14. The maximum absolute atomic E-state index is 13.6. The minimum absolute atomic E-state index is 0.0877. The van der Waals surface area contributed by atoms with Crippen molar-refractivity contribution in [2.75, 3.05) is 7.11 Å². The second-order valence-corrected chi connectivity index (χ2v) is 7.61. The number of hydrogen-bond donors (Lipinski definition) is 1. The van der Waals surface area contributed by atoms with Gasteiger partial charge in [0.15, 0.2) is 5.82 Å². The number of benzene rings is 2. The van der Waals surface area contributed by atoms with Crippen LogP contribution in [0.2, 0.25) is 0 Å². The monoisotopic (exact) mass is 401 g/mol. The summed E-state index contributed by atoms with van der Waals surface area (Å²) in [5, 5.41) is 14.9. The number of nitriles is 1.